The second-order valence-electron chi connectivity index (χ2n) is 4.35. The minimum Gasteiger partial charge on any atom is -0.295 e. The number of nitrogens with one attached hydrogen (secondary N) is 1. The van der Waals surface area contributed by atoms with E-state index in [1.165, 1.54) is 37.3 Å². The highest BCUT2D eigenvalue weighted by Crippen LogP contribution is 2.20. The van der Waals surface area contributed by atoms with E-state index < -0.39 is 10.0 Å². The number of sulfonamides is 1. The molecule has 2 rings (SSSR count). The fourth-order valence-corrected chi connectivity index (χ4v) is 2.88. The molecule has 106 valence electrons. The van der Waals surface area contributed by atoms with Crippen molar-refractivity contribution in [3.8, 4) is 6.07 Å². The molecule has 0 heterocycles. The maximum Gasteiger partial charge on any atom is 0.261 e. The van der Waals surface area contributed by atoms with Gasteiger partial charge in [-0.2, -0.15) is 5.26 Å². The van der Waals surface area contributed by atoms with Crippen LogP contribution in [0.4, 0.5) is 5.69 Å². The van der Waals surface area contributed by atoms with Crippen LogP contribution in [0.5, 0.6) is 0 Å². The van der Waals surface area contributed by atoms with Gasteiger partial charge in [0.05, 0.1) is 16.1 Å². The van der Waals surface area contributed by atoms with Crippen molar-refractivity contribution in [1.29, 1.82) is 5.26 Å². The summed E-state index contributed by atoms with van der Waals surface area (Å²) in [5.74, 6) is -0.218. The second kappa shape index (κ2) is 5.77. The predicted octanol–water partition coefficient (Wildman–Crippen LogP) is 2.56. The van der Waals surface area contributed by atoms with E-state index in [2.05, 4.69) is 4.72 Å². The third kappa shape index (κ3) is 3.27. The van der Waals surface area contributed by atoms with Crippen LogP contribution in [0.2, 0.25) is 0 Å². The molecule has 0 unspecified atom stereocenters. The van der Waals surface area contributed by atoms with Crippen LogP contribution in [-0.4, -0.2) is 14.2 Å². The van der Waals surface area contributed by atoms with Crippen molar-refractivity contribution >= 4 is 21.5 Å². The molecule has 0 saturated carbocycles. The Hall–Kier alpha value is -2.65. The molecule has 0 aliphatic heterocycles. The molecular formula is C15H12N2O3S. The van der Waals surface area contributed by atoms with Crippen LogP contribution in [0.15, 0.2) is 53.4 Å². The molecule has 6 heteroatoms. The summed E-state index contributed by atoms with van der Waals surface area (Å²) in [4.78, 5) is 11.3. The van der Waals surface area contributed by atoms with Gasteiger partial charge < -0.3 is 0 Å². The third-order valence-corrected chi connectivity index (χ3v) is 4.21. The number of nitriles is 1. The lowest BCUT2D eigenvalue weighted by Crippen LogP contribution is -2.14. The molecule has 5 nitrogen and oxygen atoms in total. The average Bonchev–Trinajstić information content (AvgIpc) is 2.47. The zero-order valence-electron chi connectivity index (χ0n) is 11.2. The number of Topliss-reactive ketones (excluding diaryl/α,β-unsaturated/α-hetero) is 1. The first-order valence-corrected chi connectivity index (χ1v) is 7.55. The highest BCUT2D eigenvalue weighted by atomic mass is 32.2. The molecule has 21 heavy (non-hydrogen) atoms. The van der Waals surface area contributed by atoms with E-state index in [1.54, 1.807) is 18.2 Å². The summed E-state index contributed by atoms with van der Waals surface area (Å²) in [5.41, 5.74) is 0.739. The van der Waals surface area contributed by atoms with Crippen LogP contribution in [-0.2, 0) is 10.0 Å². The topological polar surface area (TPSA) is 87.0 Å². The van der Waals surface area contributed by atoms with Gasteiger partial charge >= 0.3 is 0 Å². The number of nitrogens with zero attached hydrogens (tertiary/aromatic N) is 1. The summed E-state index contributed by atoms with van der Waals surface area (Å²) in [5, 5.41) is 8.97. The molecule has 0 spiro atoms. The molecule has 2 aromatic carbocycles. The Kier molecular flexibility index (Phi) is 4.05. The van der Waals surface area contributed by atoms with Crippen LogP contribution in [0, 0.1) is 11.3 Å². The van der Waals surface area contributed by atoms with E-state index in [1.807, 2.05) is 6.07 Å². The van der Waals surface area contributed by atoms with Crippen molar-refractivity contribution < 1.29 is 13.2 Å². The van der Waals surface area contributed by atoms with Crippen molar-refractivity contribution in [2.24, 2.45) is 0 Å². The van der Waals surface area contributed by atoms with Gasteiger partial charge in [0, 0.05) is 5.56 Å². The minimum atomic E-state index is -3.86. The number of hydrogen-bond acceptors (Lipinski definition) is 4. The van der Waals surface area contributed by atoms with E-state index in [0.29, 0.717) is 5.56 Å². The summed E-state index contributed by atoms with van der Waals surface area (Å²) in [6.07, 6.45) is 0. The number of rotatable bonds is 4. The molecule has 0 radical (unpaired) electrons. The maximum absolute atomic E-state index is 12.3. The molecule has 0 saturated heterocycles. The number of para-hydroxylation sites is 1. The van der Waals surface area contributed by atoms with E-state index in [9.17, 15) is 13.2 Å². The first kappa shape index (κ1) is 14.8. The Bertz CT molecular complexity index is 836. The highest BCUT2D eigenvalue weighted by molar-refractivity contribution is 7.92. The van der Waals surface area contributed by atoms with Gasteiger partial charge in [-0.05, 0) is 31.2 Å². The lowest BCUT2D eigenvalue weighted by molar-refractivity contribution is 0.101. The Labute approximate surface area is 122 Å². The van der Waals surface area contributed by atoms with Crippen LogP contribution in [0.25, 0.3) is 0 Å². The standard InChI is InChI=1S/C15H12N2O3S/c1-11(18)12-6-4-7-14(9-12)21(19,20)17-15-8-3-2-5-13(15)10-16/h2-9,17H,1H3. The smallest absolute Gasteiger partial charge is 0.261 e. The second-order valence-corrected chi connectivity index (χ2v) is 6.03. The first-order valence-electron chi connectivity index (χ1n) is 6.07. The van der Waals surface area contributed by atoms with Gasteiger partial charge in [-0.15, -0.1) is 0 Å². The zero-order chi connectivity index (χ0) is 15.5. The largest absolute Gasteiger partial charge is 0.295 e. The van der Waals surface area contributed by atoms with Crippen LogP contribution >= 0.6 is 0 Å². The molecule has 0 bridgehead atoms. The van der Waals surface area contributed by atoms with Gasteiger partial charge in [0.25, 0.3) is 10.0 Å². The average molecular weight is 300 g/mol. The summed E-state index contributed by atoms with van der Waals surface area (Å²) >= 11 is 0. The number of carbonyl (C=O) groups is 1. The third-order valence-electron chi connectivity index (χ3n) is 2.84. The van der Waals surface area contributed by atoms with Crippen molar-refractivity contribution in [2.75, 3.05) is 4.72 Å². The maximum atomic E-state index is 12.3. The van der Waals surface area contributed by atoms with Crippen molar-refractivity contribution in [1.82, 2.24) is 0 Å². The van der Waals surface area contributed by atoms with Gasteiger partial charge in [0.2, 0.25) is 0 Å². The Balaban J connectivity index is 2.42. The number of benzene rings is 2. The predicted molar refractivity (Wildman–Crippen MR) is 78.4 cm³/mol. The molecule has 0 atom stereocenters. The SMILES string of the molecule is CC(=O)c1cccc(S(=O)(=O)Nc2ccccc2C#N)c1. The normalized spacial score (nSPS) is 10.7. The van der Waals surface area contributed by atoms with Crippen LogP contribution in [0.3, 0.4) is 0 Å². The van der Waals surface area contributed by atoms with E-state index in [-0.39, 0.29) is 21.9 Å². The van der Waals surface area contributed by atoms with E-state index >= 15 is 0 Å². The lowest BCUT2D eigenvalue weighted by Gasteiger charge is -2.10. The van der Waals surface area contributed by atoms with Crippen molar-refractivity contribution in [3.05, 3.63) is 59.7 Å². The highest BCUT2D eigenvalue weighted by Gasteiger charge is 2.17. The summed E-state index contributed by atoms with van der Waals surface area (Å²) in [6, 6.07) is 14.0. The molecule has 0 aromatic heterocycles. The quantitative estimate of drug-likeness (QED) is 0.879. The Morgan fingerprint density at radius 3 is 2.52 bits per heavy atom. The number of carbonyl (C=O) groups excluding carboxylic acids is 1. The fraction of sp³-hybridized carbons (Fsp3) is 0.0667. The molecule has 0 aliphatic rings. The molecule has 1 N–H and O–H groups in total. The van der Waals surface area contributed by atoms with Crippen LogP contribution in [0.1, 0.15) is 22.8 Å². The van der Waals surface area contributed by atoms with Gasteiger partial charge in [-0.25, -0.2) is 8.42 Å². The van der Waals surface area contributed by atoms with Crippen molar-refractivity contribution in [2.45, 2.75) is 11.8 Å². The first-order chi connectivity index (χ1) is 9.94. The summed E-state index contributed by atoms with van der Waals surface area (Å²) in [6.45, 7) is 1.37. The van der Waals surface area contributed by atoms with Crippen LogP contribution < -0.4 is 4.72 Å². The van der Waals surface area contributed by atoms with E-state index in [4.69, 9.17) is 5.26 Å². The monoisotopic (exact) mass is 300 g/mol. The molecule has 2 aromatic rings. The lowest BCUT2D eigenvalue weighted by atomic mass is 10.2. The van der Waals surface area contributed by atoms with Gasteiger partial charge in [0.1, 0.15) is 6.07 Å². The van der Waals surface area contributed by atoms with Crippen molar-refractivity contribution in [3.63, 3.8) is 0 Å². The summed E-state index contributed by atoms with van der Waals surface area (Å²) in [7, 11) is -3.86. The number of hydrogen-bond donors (Lipinski definition) is 1. The Morgan fingerprint density at radius 1 is 1.14 bits per heavy atom. The minimum absolute atomic E-state index is 0.0251. The number of anilines is 1. The van der Waals surface area contributed by atoms with E-state index in [0.717, 1.165) is 0 Å². The molecule has 0 amide bonds. The Morgan fingerprint density at radius 2 is 1.86 bits per heavy atom. The number of ketones is 1. The molecule has 0 aliphatic carbocycles. The molecular weight excluding hydrogens is 288 g/mol. The zero-order valence-corrected chi connectivity index (χ0v) is 12.0. The fourth-order valence-electron chi connectivity index (χ4n) is 1.76. The van der Waals surface area contributed by atoms with Gasteiger partial charge in [-0.1, -0.05) is 24.3 Å². The van der Waals surface area contributed by atoms with Gasteiger partial charge in [-0.3, -0.25) is 9.52 Å². The van der Waals surface area contributed by atoms with Gasteiger partial charge in [0.15, 0.2) is 5.78 Å². The molecule has 0 fully saturated rings. The summed E-state index contributed by atoms with van der Waals surface area (Å²) < 4.78 is 27.0.